The summed E-state index contributed by atoms with van der Waals surface area (Å²) in [5, 5.41) is 14.4. The van der Waals surface area contributed by atoms with Crippen molar-refractivity contribution in [3.05, 3.63) is 71.4 Å². The van der Waals surface area contributed by atoms with Crippen LogP contribution in [0.1, 0.15) is 36.4 Å². The maximum Gasteiger partial charge on any atom is 0.308 e. The van der Waals surface area contributed by atoms with Crippen LogP contribution in [-0.2, 0) is 4.79 Å². The zero-order chi connectivity index (χ0) is 26.4. The first-order valence-electron chi connectivity index (χ1n) is 12.4. The second-order valence-electron chi connectivity index (χ2n) is 9.39. The fourth-order valence-corrected chi connectivity index (χ4v) is 5.13. The Hall–Kier alpha value is -3.54. The van der Waals surface area contributed by atoms with Gasteiger partial charge >= 0.3 is 5.97 Å². The van der Waals surface area contributed by atoms with Crippen LogP contribution in [0.3, 0.4) is 0 Å². The molecule has 0 amide bonds. The number of methoxy groups -OCH3 is 1. The SMILES string of the molecule is CNC(CC[C@@H]1CCN(CC#Cc2cc(F)cc(F)c2)C[C@@H]1C(=O)O)c1ccnc2ccc(OC)cc12. The summed E-state index contributed by atoms with van der Waals surface area (Å²) in [5.74, 6) is 3.85. The smallest absolute Gasteiger partial charge is 0.308 e. The van der Waals surface area contributed by atoms with Gasteiger partial charge in [-0.05, 0) is 80.7 Å². The van der Waals surface area contributed by atoms with Gasteiger partial charge in [0.1, 0.15) is 17.4 Å². The topological polar surface area (TPSA) is 74.7 Å². The summed E-state index contributed by atoms with van der Waals surface area (Å²) >= 11 is 0. The van der Waals surface area contributed by atoms with E-state index in [0.29, 0.717) is 13.1 Å². The number of carboxylic acids is 1. The van der Waals surface area contributed by atoms with Crippen LogP contribution in [0.5, 0.6) is 5.75 Å². The van der Waals surface area contributed by atoms with Gasteiger partial charge in [0.2, 0.25) is 0 Å². The average Bonchev–Trinajstić information content (AvgIpc) is 2.88. The summed E-state index contributed by atoms with van der Waals surface area (Å²) in [7, 11) is 3.55. The van der Waals surface area contributed by atoms with Gasteiger partial charge in [-0.3, -0.25) is 14.7 Å². The number of likely N-dealkylation sites (tertiary alicyclic amines) is 1. The Balaban J connectivity index is 1.41. The second kappa shape index (κ2) is 12.1. The van der Waals surface area contributed by atoms with E-state index in [9.17, 15) is 18.7 Å². The number of hydrogen-bond acceptors (Lipinski definition) is 5. The summed E-state index contributed by atoms with van der Waals surface area (Å²) in [6.07, 6.45) is 4.09. The molecule has 4 rings (SSSR count). The zero-order valence-corrected chi connectivity index (χ0v) is 21.0. The number of carbonyl (C=O) groups is 1. The predicted molar refractivity (Wildman–Crippen MR) is 138 cm³/mol. The number of benzene rings is 2. The molecule has 1 fully saturated rings. The summed E-state index contributed by atoms with van der Waals surface area (Å²) < 4.78 is 32.1. The number of carboxylic acid groups (broad SMARTS) is 1. The van der Waals surface area contributed by atoms with Crippen molar-refractivity contribution in [3.63, 3.8) is 0 Å². The lowest BCUT2D eigenvalue weighted by atomic mass is 9.81. The van der Waals surface area contributed by atoms with Crippen LogP contribution in [0.4, 0.5) is 8.78 Å². The number of fused-ring (bicyclic) bond motifs is 1. The highest BCUT2D eigenvalue weighted by Gasteiger charge is 2.34. The molecule has 2 N–H and O–H groups in total. The molecule has 1 unspecified atom stereocenters. The first-order chi connectivity index (χ1) is 17.9. The van der Waals surface area contributed by atoms with Gasteiger partial charge in [0.25, 0.3) is 0 Å². The number of aliphatic carboxylic acids is 1. The minimum Gasteiger partial charge on any atom is -0.497 e. The molecular weight excluding hydrogens is 476 g/mol. The summed E-state index contributed by atoms with van der Waals surface area (Å²) in [5.41, 5.74) is 2.26. The maximum atomic E-state index is 13.4. The molecule has 0 spiro atoms. The molecule has 194 valence electrons. The van der Waals surface area contributed by atoms with Crippen LogP contribution in [0, 0.1) is 35.3 Å². The number of aromatic nitrogens is 1. The third-order valence-electron chi connectivity index (χ3n) is 7.09. The molecule has 0 radical (unpaired) electrons. The fourth-order valence-electron chi connectivity index (χ4n) is 5.13. The van der Waals surface area contributed by atoms with Crippen molar-refractivity contribution in [3.8, 4) is 17.6 Å². The van der Waals surface area contributed by atoms with E-state index in [-0.39, 0.29) is 17.5 Å². The van der Waals surface area contributed by atoms with Gasteiger partial charge in [0.15, 0.2) is 0 Å². The highest BCUT2D eigenvalue weighted by molar-refractivity contribution is 5.84. The Bertz CT molecular complexity index is 1300. The van der Waals surface area contributed by atoms with Gasteiger partial charge in [0, 0.05) is 35.8 Å². The van der Waals surface area contributed by atoms with E-state index in [0.717, 1.165) is 54.1 Å². The van der Waals surface area contributed by atoms with E-state index in [1.54, 1.807) is 13.3 Å². The van der Waals surface area contributed by atoms with Crippen LogP contribution in [0.2, 0.25) is 0 Å². The van der Waals surface area contributed by atoms with Crippen LogP contribution < -0.4 is 10.1 Å². The Morgan fingerprint density at radius 1 is 1.24 bits per heavy atom. The van der Waals surface area contributed by atoms with Crippen LogP contribution in [0.15, 0.2) is 48.7 Å². The minimum absolute atomic E-state index is 0.0394. The Kier molecular flexibility index (Phi) is 8.70. The lowest BCUT2D eigenvalue weighted by Gasteiger charge is -2.36. The van der Waals surface area contributed by atoms with E-state index in [1.165, 1.54) is 12.1 Å². The molecule has 2 aromatic carbocycles. The minimum atomic E-state index is -0.810. The summed E-state index contributed by atoms with van der Waals surface area (Å²) in [6.45, 7) is 1.46. The molecule has 1 aromatic heterocycles. The van der Waals surface area contributed by atoms with Gasteiger partial charge in [-0.25, -0.2) is 8.78 Å². The largest absolute Gasteiger partial charge is 0.497 e. The van der Waals surface area contributed by atoms with Crippen molar-refractivity contribution in [2.45, 2.75) is 25.3 Å². The van der Waals surface area contributed by atoms with E-state index in [2.05, 4.69) is 22.1 Å². The van der Waals surface area contributed by atoms with E-state index >= 15 is 0 Å². The number of hydrogen-bond donors (Lipinski definition) is 2. The molecule has 1 aliphatic heterocycles. The van der Waals surface area contributed by atoms with E-state index in [4.69, 9.17) is 4.74 Å². The quantitative estimate of drug-likeness (QED) is 0.433. The number of halogens is 2. The summed E-state index contributed by atoms with van der Waals surface area (Å²) in [4.78, 5) is 18.6. The van der Waals surface area contributed by atoms with Crippen LogP contribution in [-0.4, -0.2) is 54.8 Å². The molecular formula is C29H31F2N3O3. The maximum absolute atomic E-state index is 13.4. The average molecular weight is 508 g/mol. The van der Waals surface area contributed by atoms with Gasteiger partial charge in [-0.1, -0.05) is 11.8 Å². The highest BCUT2D eigenvalue weighted by Crippen LogP contribution is 2.33. The Morgan fingerprint density at radius 2 is 2.03 bits per heavy atom. The lowest BCUT2D eigenvalue weighted by Crippen LogP contribution is -2.44. The number of nitrogens with one attached hydrogen (secondary N) is 1. The first-order valence-corrected chi connectivity index (χ1v) is 12.4. The lowest BCUT2D eigenvalue weighted by molar-refractivity contribution is -0.146. The molecule has 1 saturated heterocycles. The van der Waals surface area contributed by atoms with Crippen molar-refractivity contribution < 1.29 is 23.4 Å². The molecule has 2 heterocycles. The molecule has 1 aliphatic rings. The monoisotopic (exact) mass is 507 g/mol. The van der Waals surface area contributed by atoms with E-state index in [1.807, 2.05) is 36.2 Å². The predicted octanol–water partition coefficient (Wildman–Crippen LogP) is 4.64. The first kappa shape index (κ1) is 26.5. The van der Waals surface area contributed by atoms with E-state index < -0.39 is 23.5 Å². The zero-order valence-electron chi connectivity index (χ0n) is 21.0. The number of ether oxygens (including phenoxy) is 1. The molecule has 6 nitrogen and oxygen atoms in total. The molecule has 0 saturated carbocycles. The Labute approximate surface area is 215 Å². The van der Waals surface area contributed by atoms with Crippen molar-refractivity contribution in [1.82, 2.24) is 15.2 Å². The summed E-state index contributed by atoms with van der Waals surface area (Å²) in [6, 6.07) is 11.0. The van der Waals surface area contributed by atoms with Gasteiger partial charge in [-0.2, -0.15) is 0 Å². The van der Waals surface area contributed by atoms with Crippen molar-refractivity contribution in [2.24, 2.45) is 11.8 Å². The molecule has 8 heteroatoms. The number of pyridine rings is 1. The van der Waals surface area contributed by atoms with Crippen molar-refractivity contribution in [1.29, 1.82) is 0 Å². The standard InChI is InChI=1S/C29H31F2N3O3/c1-32-27(24-9-11-33-28-8-6-23(37-2)17-25(24)28)7-5-20-10-13-34(18-26(20)29(35)36)12-3-4-19-14-21(30)16-22(31)15-19/h6,8-9,11,14-17,20,26-27,32H,5,7,10,12-13,18H2,1-2H3,(H,35,36)/t20-,26+,27?/m1/s1. The van der Waals surface area contributed by atoms with Gasteiger partial charge < -0.3 is 15.2 Å². The number of piperidine rings is 1. The number of nitrogens with zero attached hydrogens (tertiary/aromatic N) is 2. The number of rotatable bonds is 8. The second-order valence-corrected chi connectivity index (χ2v) is 9.39. The highest BCUT2D eigenvalue weighted by atomic mass is 19.1. The molecule has 3 aromatic rings. The molecule has 0 bridgehead atoms. The van der Waals surface area contributed by atoms with Crippen LogP contribution >= 0.6 is 0 Å². The molecule has 3 atom stereocenters. The van der Waals surface area contributed by atoms with Crippen molar-refractivity contribution in [2.75, 3.05) is 33.8 Å². The normalized spacial score (nSPS) is 18.7. The fraction of sp³-hybridized carbons (Fsp3) is 0.379. The third kappa shape index (κ3) is 6.62. The molecule has 37 heavy (non-hydrogen) atoms. The molecule has 0 aliphatic carbocycles. The van der Waals surface area contributed by atoms with Crippen LogP contribution in [0.25, 0.3) is 10.9 Å². The third-order valence-corrected chi connectivity index (χ3v) is 7.09. The van der Waals surface area contributed by atoms with Gasteiger partial charge in [0.05, 0.1) is 25.1 Å². The Morgan fingerprint density at radius 3 is 2.73 bits per heavy atom. The van der Waals surface area contributed by atoms with Gasteiger partial charge in [-0.15, -0.1) is 0 Å². The van der Waals surface area contributed by atoms with Crippen molar-refractivity contribution >= 4 is 16.9 Å².